The van der Waals surface area contributed by atoms with Crippen LogP contribution < -0.4 is 0 Å². The van der Waals surface area contributed by atoms with Crippen molar-refractivity contribution in [3.8, 4) is 11.3 Å². The fraction of sp³-hybridized carbons (Fsp3) is 0.0625. The number of fused-ring (bicyclic) bond motifs is 1. The van der Waals surface area contributed by atoms with Gasteiger partial charge >= 0.3 is 6.09 Å². The molecule has 0 amide bonds. The first-order valence-corrected chi connectivity index (χ1v) is 7.22. The monoisotopic (exact) mass is 320 g/mol. The van der Waals surface area contributed by atoms with Gasteiger partial charge in [-0.25, -0.2) is 19.0 Å². The molecule has 8 nitrogen and oxygen atoms in total. The van der Waals surface area contributed by atoms with E-state index in [-0.39, 0.29) is 5.65 Å². The molecule has 118 valence electrons. The van der Waals surface area contributed by atoms with E-state index in [4.69, 9.17) is 0 Å². The number of hydrogen-bond donors (Lipinski definition) is 1. The molecule has 3 heterocycles. The molecule has 4 rings (SSSR count). The van der Waals surface area contributed by atoms with Crippen molar-refractivity contribution >= 4 is 17.3 Å². The molecule has 0 aliphatic rings. The molecule has 1 N–H and O–H groups in total. The fourth-order valence-electron chi connectivity index (χ4n) is 2.55. The lowest BCUT2D eigenvalue weighted by atomic mass is 10.2. The van der Waals surface area contributed by atoms with Gasteiger partial charge in [-0.1, -0.05) is 35.5 Å². The van der Waals surface area contributed by atoms with Crippen molar-refractivity contribution in [2.45, 2.75) is 6.54 Å². The Morgan fingerprint density at radius 3 is 2.67 bits per heavy atom. The predicted molar refractivity (Wildman–Crippen MR) is 85.5 cm³/mol. The van der Waals surface area contributed by atoms with Crippen LogP contribution in [0.1, 0.15) is 5.56 Å². The van der Waals surface area contributed by atoms with Crippen molar-refractivity contribution in [2.24, 2.45) is 0 Å². The number of hydrogen-bond acceptors (Lipinski definition) is 5. The molecular weight excluding hydrogens is 308 g/mol. The van der Waals surface area contributed by atoms with Gasteiger partial charge in [0.05, 0.1) is 18.3 Å². The molecule has 1 aromatic carbocycles. The smallest absolute Gasteiger partial charge is 0.417 e. The number of rotatable bonds is 3. The second kappa shape index (κ2) is 5.58. The normalized spacial score (nSPS) is 11.0. The summed E-state index contributed by atoms with van der Waals surface area (Å²) in [6, 6.07) is 9.88. The van der Waals surface area contributed by atoms with E-state index in [1.165, 1.54) is 18.6 Å². The minimum Gasteiger partial charge on any atom is -0.464 e. The molecule has 0 saturated carbocycles. The van der Waals surface area contributed by atoms with Gasteiger partial charge in [0.15, 0.2) is 5.65 Å². The van der Waals surface area contributed by atoms with Crippen molar-refractivity contribution in [2.75, 3.05) is 0 Å². The van der Waals surface area contributed by atoms with Crippen LogP contribution in [-0.2, 0) is 6.54 Å². The molecule has 0 aliphatic heterocycles. The van der Waals surface area contributed by atoms with Gasteiger partial charge < -0.3 is 5.11 Å². The van der Waals surface area contributed by atoms with E-state index >= 15 is 0 Å². The molecule has 4 aromatic rings. The third kappa shape index (κ3) is 2.39. The summed E-state index contributed by atoms with van der Waals surface area (Å²) in [5.41, 5.74) is 2.99. The summed E-state index contributed by atoms with van der Waals surface area (Å²) < 4.78 is 2.73. The summed E-state index contributed by atoms with van der Waals surface area (Å²) in [4.78, 5) is 19.7. The lowest BCUT2D eigenvalue weighted by Crippen LogP contribution is -2.06. The Hall–Kier alpha value is -3.55. The molecule has 0 atom stereocenters. The van der Waals surface area contributed by atoms with Crippen LogP contribution in [0, 0.1) is 0 Å². The number of nitrogens with zero attached hydrogens (tertiary/aromatic N) is 6. The Kier molecular flexibility index (Phi) is 3.27. The first-order valence-electron chi connectivity index (χ1n) is 7.22. The van der Waals surface area contributed by atoms with Gasteiger partial charge in [-0.2, -0.15) is 0 Å². The van der Waals surface area contributed by atoms with E-state index in [0.29, 0.717) is 23.3 Å². The largest absolute Gasteiger partial charge is 0.464 e. The lowest BCUT2D eigenvalue weighted by molar-refractivity contribution is 0.197. The van der Waals surface area contributed by atoms with Crippen LogP contribution in [0.25, 0.3) is 22.4 Å². The molecule has 0 bridgehead atoms. The Labute approximate surface area is 136 Å². The second-order valence-corrected chi connectivity index (χ2v) is 5.21. The van der Waals surface area contributed by atoms with Gasteiger partial charge in [0.1, 0.15) is 11.2 Å². The maximum Gasteiger partial charge on any atom is 0.417 e. The SMILES string of the molecule is O=C(O)n1cc(-c2cn(Cc3ccccc3)nn2)c2nccnc21. The molecule has 0 spiro atoms. The molecule has 0 unspecified atom stereocenters. The standard InChI is InChI=1S/C16H12N6O2/c23-16(24)22-9-12(14-15(22)18-7-6-17-14)13-10-21(20-19-13)8-11-4-2-1-3-5-11/h1-7,9-10H,8H2,(H,23,24). The molecule has 8 heteroatoms. The minimum atomic E-state index is -1.12. The van der Waals surface area contributed by atoms with Crippen molar-refractivity contribution in [1.82, 2.24) is 29.5 Å². The van der Waals surface area contributed by atoms with Crippen LogP contribution in [0.4, 0.5) is 4.79 Å². The minimum absolute atomic E-state index is 0.276. The lowest BCUT2D eigenvalue weighted by Gasteiger charge is -1.99. The van der Waals surface area contributed by atoms with Gasteiger partial charge in [-0.15, -0.1) is 5.10 Å². The molecule has 0 saturated heterocycles. The van der Waals surface area contributed by atoms with Crippen LogP contribution in [0.2, 0.25) is 0 Å². The van der Waals surface area contributed by atoms with Gasteiger partial charge in [0.2, 0.25) is 0 Å². The Morgan fingerprint density at radius 2 is 1.88 bits per heavy atom. The van der Waals surface area contributed by atoms with Crippen molar-refractivity contribution in [3.05, 3.63) is 60.7 Å². The van der Waals surface area contributed by atoms with Crippen LogP contribution in [0.5, 0.6) is 0 Å². The molecular formula is C16H12N6O2. The zero-order chi connectivity index (χ0) is 16.5. The van der Waals surface area contributed by atoms with Gasteiger partial charge in [-0.3, -0.25) is 4.98 Å². The predicted octanol–water partition coefficient (Wildman–Crippen LogP) is 2.26. The Morgan fingerprint density at radius 1 is 1.08 bits per heavy atom. The highest BCUT2D eigenvalue weighted by atomic mass is 16.4. The topological polar surface area (TPSA) is 98.7 Å². The molecule has 24 heavy (non-hydrogen) atoms. The van der Waals surface area contributed by atoms with E-state index in [2.05, 4.69) is 20.3 Å². The number of carboxylic acid groups (broad SMARTS) is 1. The van der Waals surface area contributed by atoms with E-state index in [1.807, 2.05) is 30.3 Å². The highest BCUT2D eigenvalue weighted by molar-refractivity contribution is 5.94. The first-order chi connectivity index (χ1) is 11.7. The van der Waals surface area contributed by atoms with Crippen molar-refractivity contribution in [3.63, 3.8) is 0 Å². The summed E-state index contributed by atoms with van der Waals surface area (Å²) >= 11 is 0. The third-order valence-corrected chi connectivity index (χ3v) is 3.63. The van der Waals surface area contributed by atoms with Crippen LogP contribution in [0.3, 0.4) is 0 Å². The molecule has 0 fully saturated rings. The summed E-state index contributed by atoms with van der Waals surface area (Å²) in [5.74, 6) is 0. The molecule has 0 aliphatic carbocycles. The highest BCUT2D eigenvalue weighted by Gasteiger charge is 2.18. The average Bonchev–Trinajstić information content (AvgIpc) is 3.20. The average molecular weight is 320 g/mol. The summed E-state index contributed by atoms with van der Waals surface area (Å²) in [6.45, 7) is 0.580. The maximum absolute atomic E-state index is 11.4. The highest BCUT2D eigenvalue weighted by Crippen LogP contribution is 2.26. The fourth-order valence-corrected chi connectivity index (χ4v) is 2.55. The van der Waals surface area contributed by atoms with Gasteiger partial charge in [-0.05, 0) is 5.56 Å². The first kappa shape index (κ1) is 14.1. The van der Waals surface area contributed by atoms with E-state index in [0.717, 1.165) is 10.1 Å². The van der Waals surface area contributed by atoms with Crippen molar-refractivity contribution in [1.29, 1.82) is 0 Å². The molecule has 0 radical (unpaired) electrons. The van der Waals surface area contributed by atoms with Gasteiger partial charge in [0.25, 0.3) is 0 Å². The summed E-state index contributed by atoms with van der Waals surface area (Å²) in [5, 5.41) is 17.6. The van der Waals surface area contributed by atoms with E-state index < -0.39 is 6.09 Å². The van der Waals surface area contributed by atoms with E-state index in [1.54, 1.807) is 10.9 Å². The quantitative estimate of drug-likeness (QED) is 0.621. The maximum atomic E-state index is 11.4. The number of carbonyl (C=O) groups is 1. The molecule has 3 aromatic heterocycles. The Bertz CT molecular complexity index is 1020. The van der Waals surface area contributed by atoms with Crippen LogP contribution in [-0.4, -0.2) is 40.7 Å². The zero-order valence-electron chi connectivity index (χ0n) is 12.4. The van der Waals surface area contributed by atoms with Crippen molar-refractivity contribution < 1.29 is 9.90 Å². The second-order valence-electron chi connectivity index (χ2n) is 5.21. The zero-order valence-corrected chi connectivity index (χ0v) is 12.4. The van der Waals surface area contributed by atoms with E-state index in [9.17, 15) is 9.90 Å². The summed E-state index contributed by atoms with van der Waals surface area (Å²) in [6.07, 6.45) is 5.08. The third-order valence-electron chi connectivity index (χ3n) is 3.63. The number of aromatic nitrogens is 6. The van der Waals surface area contributed by atoms with Crippen LogP contribution in [0.15, 0.2) is 55.1 Å². The summed E-state index contributed by atoms with van der Waals surface area (Å²) in [7, 11) is 0. The van der Waals surface area contributed by atoms with Gasteiger partial charge in [0, 0.05) is 18.6 Å². The number of benzene rings is 1. The Balaban J connectivity index is 1.75. The van der Waals surface area contributed by atoms with Crippen LogP contribution >= 0.6 is 0 Å².